The third-order valence-corrected chi connectivity index (χ3v) is 6.35. The number of Topliss-reactive ketones (excluding diaryl/α,β-unsaturated/α-hetero) is 1. The molecule has 1 amide bonds. The number of ketones is 1. The maximum atomic E-state index is 13.3. The van der Waals surface area contributed by atoms with Gasteiger partial charge in [-0.3, -0.25) is 19.0 Å². The van der Waals surface area contributed by atoms with E-state index < -0.39 is 6.04 Å². The van der Waals surface area contributed by atoms with E-state index in [4.69, 9.17) is 9.47 Å². The van der Waals surface area contributed by atoms with Crippen LogP contribution in [0.5, 0.6) is 11.5 Å². The van der Waals surface area contributed by atoms with Crippen LogP contribution in [0.25, 0.3) is 10.9 Å². The van der Waals surface area contributed by atoms with Gasteiger partial charge >= 0.3 is 0 Å². The number of rotatable bonds is 10. The van der Waals surface area contributed by atoms with Gasteiger partial charge in [-0.05, 0) is 42.7 Å². The summed E-state index contributed by atoms with van der Waals surface area (Å²) in [6.07, 6.45) is 0. The SMILES string of the molecule is COc1ccc(Cn2c(SCC(=O)NC(C(C)=O)C(C)C)nc3ccccc3c2=O)cc1OC. The third kappa shape index (κ3) is 5.77. The lowest BCUT2D eigenvalue weighted by atomic mass is 10.0. The lowest BCUT2D eigenvalue weighted by Crippen LogP contribution is -2.44. The number of aromatic nitrogens is 2. The topological polar surface area (TPSA) is 99.5 Å². The molecule has 0 aliphatic rings. The van der Waals surface area contributed by atoms with Crippen LogP contribution in [-0.4, -0.2) is 47.3 Å². The number of nitrogens with one attached hydrogen (secondary N) is 1. The molecule has 0 spiro atoms. The maximum absolute atomic E-state index is 13.3. The molecule has 8 nitrogen and oxygen atoms in total. The number of para-hydroxylation sites is 1. The molecule has 0 aliphatic heterocycles. The first-order valence-electron chi connectivity index (χ1n) is 10.9. The van der Waals surface area contributed by atoms with E-state index in [0.29, 0.717) is 27.6 Å². The van der Waals surface area contributed by atoms with E-state index in [1.807, 2.05) is 32.0 Å². The zero-order valence-corrected chi connectivity index (χ0v) is 20.8. The molecule has 34 heavy (non-hydrogen) atoms. The number of amides is 1. The van der Waals surface area contributed by atoms with Crippen molar-refractivity contribution in [2.24, 2.45) is 5.92 Å². The molecular formula is C25H29N3O5S. The Kier molecular flexibility index (Phi) is 8.33. The van der Waals surface area contributed by atoms with Crippen LogP contribution in [0.1, 0.15) is 26.3 Å². The molecule has 0 radical (unpaired) electrons. The van der Waals surface area contributed by atoms with E-state index in [-0.39, 0.29) is 35.5 Å². The Bertz CT molecular complexity index is 1260. The van der Waals surface area contributed by atoms with Crippen molar-refractivity contribution in [3.05, 3.63) is 58.4 Å². The lowest BCUT2D eigenvalue weighted by molar-refractivity contribution is -0.126. The Balaban J connectivity index is 1.93. The van der Waals surface area contributed by atoms with E-state index in [9.17, 15) is 14.4 Å². The molecule has 1 unspecified atom stereocenters. The van der Waals surface area contributed by atoms with Gasteiger partial charge in [-0.2, -0.15) is 0 Å². The molecule has 2 aromatic carbocycles. The van der Waals surface area contributed by atoms with Gasteiger partial charge in [0.1, 0.15) is 0 Å². The monoisotopic (exact) mass is 483 g/mol. The highest BCUT2D eigenvalue weighted by atomic mass is 32.2. The molecule has 1 N–H and O–H groups in total. The first kappa shape index (κ1) is 25.3. The molecule has 0 saturated carbocycles. The Hall–Kier alpha value is -3.33. The number of carbonyl (C=O) groups is 2. The molecule has 0 bridgehead atoms. The van der Waals surface area contributed by atoms with Gasteiger partial charge in [0, 0.05) is 0 Å². The zero-order valence-electron chi connectivity index (χ0n) is 20.0. The quantitative estimate of drug-likeness (QED) is 0.349. The zero-order chi connectivity index (χ0) is 24.8. The van der Waals surface area contributed by atoms with Crippen molar-refractivity contribution in [1.29, 1.82) is 0 Å². The minimum absolute atomic E-state index is 0.0199. The van der Waals surface area contributed by atoms with Crippen LogP contribution in [0.4, 0.5) is 0 Å². The Morgan fingerprint density at radius 1 is 1.09 bits per heavy atom. The summed E-state index contributed by atoms with van der Waals surface area (Å²) in [4.78, 5) is 42.4. The normalized spacial score (nSPS) is 11.9. The van der Waals surface area contributed by atoms with Crippen molar-refractivity contribution in [2.75, 3.05) is 20.0 Å². The van der Waals surface area contributed by atoms with E-state index in [1.165, 1.54) is 6.92 Å². The first-order valence-corrected chi connectivity index (χ1v) is 11.9. The van der Waals surface area contributed by atoms with Gasteiger partial charge in [0.2, 0.25) is 5.91 Å². The number of methoxy groups -OCH3 is 2. The average Bonchev–Trinajstić information content (AvgIpc) is 2.82. The van der Waals surface area contributed by atoms with Crippen molar-refractivity contribution in [2.45, 2.75) is 38.5 Å². The van der Waals surface area contributed by atoms with Crippen LogP contribution in [0.2, 0.25) is 0 Å². The van der Waals surface area contributed by atoms with Gasteiger partial charge in [-0.15, -0.1) is 0 Å². The number of thioether (sulfide) groups is 1. The first-order chi connectivity index (χ1) is 16.2. The highest BCUT2D eigenvalue weighted by Crippen LogP contribution is 2.28. The second-order valence-corrected chi connectivity index (χ2v) is 9.12. The van der Waals surface area contributed by atoms with Gasteiger partial charge in [-0.25, -0.2) is 4.98 Å². The summed E-state index contributed by atoms with van der Waals surface area (Å²) in [5.41, 5.74) is 1.18. The van der Waals surface area contributed by atoms with Crippen molar-refractivity contribution in [3.63, 3.8) is 0 Å². The standard InChI is InChI=1S/C25H29N3O5S/c1-15(2)23(16(3)29)27-22(30)14-34-25-26-19-9-7-6-8-18(19)24(31)28(25)13-17-10-11-20(32-4)21(12-17)33-5/h6-12,15,23H,13-14H2,1-5H3,(H,27,30). The fraction of sp³-hybridized carbons (Fsp3) is 0.360. The Morgan fingerprint density at radius 3 is 2.44 bits per heavy atom. The molecule has 3 rings (SSSR count). The number of benzene rings is 2. The summed E-state index contributed by atoms with van der Waals surface area (Å²) in [6.45, 7) is 5.46. The number of nitrogens with zero attached hydrogens (tertiary/aromatic N) is 2. The van der Waals surface area contributed by atoms with Crippen LogP contribution < -0.4 is 20.3 Å². The second-order valence-electron chi connectivity index (χ2n) is 8.18. The maximum Gasteiger partial charge on any atom is 0.262 e. The number of ether oxygens (including phenoxy) is 2. The van der Waals surface area contributed by atoms with Gasteiger partial charge in [0.25, 0.3) is 5.56 Å². The molecule has 0 saturated heterocycles. The van der Waals surface area contributed by atoms with Crippen LogP contribution in [0, 0.1) is 5.92 Å². The second kappa shape index (κ2) is 11.2. The van der Waals surface area contributed by atoms with E-state index >= 15 is 0 Å². The third-order valence-electron chi connectivity index (χ3n) is 5.37. The van der Waals surface area contributed by atoms with Crippen molar-refractivity contribution in [1.82, 2.24) is 14.9 Å². The predicted octanol–water partition coefficient (Wildman–Crippen LogP) is 3.28. The van der Waals surface area contributed by atoms with Gasteiger partial charge < -0.3 is 14.8 Å². The Morgan fingerprint density at radius 2 is 1.79 bits per heavy atom. The average molecular weight is 484 g/mol. The van der Waals surface area contributed by atoms with Crippen molar-refractivity contribution in [3.8, 4) is 11.5 Å². The fourth-order valence-corrected chi connectivity index (χ4v) is 4.45. The summed E-state index contributed by atoms with van der Waals surface area (Å²) in [5.74, 6) is 0.758. The van der Waals surface area contributed by atoms with Gasteiger partial charge in [-0.1, -0.05) is 43.8 Å². The molecule has 0 aliphatic carbocycles. The summed E-state index contributed by atoms with van der Waals surface area (Å²) in [6, 6.07) is 12.0. The summed E-state index contributed by atoms with van der Waals surface area (Å²) in [5, 5.41) is 3.69. The van der Waals surface area contributed by atoms with E-state index in [0.717, 1.165) is 17.3 Å². The number of fused-ring (bicyclic) bond motifs is 1. The minimum Gasteiger partial charge on any atom is -0.493 e. The highest BCUT2D eigenvalue weighted by molar-refractivity contribution is 7.99. The number of hydrogen-bond donors (Lipinski definition) is 1. The summed E-state index contributed by atoms with van der Waals surface area (Å²) < 4.78 is 12.2. The Labute approximate surface area is 202 Å². The molecule has 0 fully saturated rings. The minimum atomic E-state index is -0.549. The van der Waals surface area contributed by atoms with Crippen LogP contribution in [0.15, 0.2) is 52.4 Å². The molecule has 3 aromatic rings. The predicted molar refractivity (Wildman–Crippen MR) is 133 cm³/mol. The highest BCUT2D eigenvalue weighted by Gasteiger charge is 2.21. The van der Waals surface area contributed by atoms with Gasteiger partial charge in [0.15, 0.2) is 22.4 Å². The summed E-state index contributed by atoms with van der Waals surface area (Å²) >= 11 is 1.16. The molecule has 1 heterocycles. The lowest BCUT2D eigenvalue weighted by Gasteiger charge is -2.19. The van der Waals surface area contributed by atoms with Gasteiger partial charge in [0.05, 0.1) is 43.5 Å². The molecule has 1 aromatic heterocycles. The number of carbonyl (C=O) groups excluding carboxylic acids is 2. The number of hydrogen-bond acceptors (Lipinski definition) is 7. The molecule has 180 valence electrons. The van der Waals surface area contributed by atoms with Crippen molar-refractivity contribution < 1.29 is 19.1 Å². The molecule has 1 atom stereocenters. The largest absolute Gasteiger partial charge is 0.493 e. The van der Waals surface area contributed by atoms with Crippen LogP contribution in [-0.2, 0) is 16.1 Å². The smallest absolute Gasteiger partial charge is 0.262 e. The molecule has 9 heteroatoms. The van der Waals surface area contributed by atoms with Crippen molar-refractivity contribution >= 4 is 34.4 Å². The molecular weight excluding hydrogens is 454 g/mol. The van der Waals surface area contributed by atoms with Crippen LogP contribution in [0.3, 0.4) is 0 Å². The van der Waals surface area contributed by atoms with E-state index in [1.54, 1.807) is 43.1 Å². The summed E-state index contributed by atoms with van der Waals surface area (Å²) in [7, 11) is 3.11. The fourth-order valence-electron chi connectivity index (χ4n) is 3.64. The van der Waals surface area contributed by atoms with E-state index in [2.05, 4.69) is 10.3 Å². The van der Waals surface area contributed by atoms with Crippen LogP contribution >= 0.6 is 11.8 Å².